The molecule has 0 bridgehead atoms. The molecule has 3 rings (SSSR count). The van der Waals surface area contributed by atoms with Crippen molar-refractivity contribution in [3.63, 3.8) is 0 Å². The van der Waals surface area contributed by atoms with Gasteiger partial charge in [0.1, 0.15) is 5.75 Å². The lowest BCUT2D eigenvalue weighted by Gasteiger charge is -2.06. The van der Waals surface area contributed by atoms with E-state index in [0.29, 0.717) is 0 Å². The monoisotopic (exact) mass is 358 g/mol. The van der Waals surface area contributed by atoms with Crippen LogP contribution in [0.4, 0.5) is 0 Å². The number of unbranched alkanes of at least 4 members (excludes halogenated alkanes) is 1. The van der Waals surface area contributed by atoms with Gasteiger partial charge in [0.25, 0.3) is 0 Å². The number of phenolic OH excluding ortho intramolecular Hbond substituents is 1. The van der Waals surface area contributed by atoms with E-state index < -0.39 is 0 Å². The molecule has 0 amide bonds. The summed E-state index contributed by atoms with van der Waals surface area (Å²) in [6.07, 6.45) is 6.95. The molecular formula is C25H26O2. The summed E-state index contributed by atoms with van der Waals surface area (Å²) in [5.74, 6) is 0.285. The van der Waals surface area contributed by atoms with Crippen LogP contribution in [0.2, 0.25) is 0 Å². The van der Waals surface area contributed by atoms with E-state index >= 15 is 0 Å². The summed E-state index contributed by atoms with van der Waals surface area (Å²) in [5, 5.41) is 18.7. The summed E-state index contributed by atoms with van der Waals surface area (Å²) in [6.45, 7) is 1.83. The van der Waals surface area contributed by atoms with Crippen molar-refractivity contribution >= 4 is 6.08 Å². The summed E-state index contributed by atoms with van der Waals surface area (Å²) < 4.78 is 0. The van der Waals surface area contributed by atoms with E-state index in [4.69, 9.17) is 0 Å². The van der Waals surface area contributed by atoms with Gasteiger partial charge >= 0.3 is 0 Å². The number of benzene rings is 3. The Morgan fingerprint density at radius 1 is 0.741 bits per heavy atom. The fourth-order valence-corrected chi connectivity index (χ4v) is 3.05. The van der Waals surface area contributed by atoms with E-state index in [9.17, 15) is 10.2 Å². The van der Waals surface area contributed by atoms with Crippen LogP contribution in [0, 0.1) is 0 Å². The fourth-order valence-electron chi connectivity index (χ4n) is 3.05. The zero-order valence-corrected chi connectivity index (χ0v) is 15.7. The maximum absolute atomic E-state index is 9.41. The molecule has 0 aromatic heterocycles. The van der Waals surface area contributed by atoms with E-state index in [1.165, 1.54) is 16.7 Å². The molecule has 0 fully saturated rings. The molecule has 2 heteroatoms. The van der Waals surface area contributed by atoms with E-state index in [1.54, 1.807) is 12.1 Å². The molecule has 0 aliphatic rings. The highest BCUT2D eigenvalue weighted by atomic mass is 16.3. The fraction of sp³-hybridized carbons (Fsp3) is 0.200. The molecule has 2 N–H and O–H groups in total. The average molecular weight is 358 g/mol. The molecule has 1 unspecified atom stereocenters. The predicted octanol–water partition coefficient (Wildman–Crippen LogP) is 6.29. The molecule has 0 saturated carbocycles. The Bertz CT molecular complexity index is 858. The van der Waals surface area contributed by atoms with Crippen LogP contribution in [-0.4, -0.2) is 16.3 Å². The number of allylic oxidation sites excluding steroid dienone is 1. The van der Waals surface area contributed by atoms with E-state index in [1.807, 2.05) is 19.1 Å². The van der Waals surface area contributed by atoms with Crippen molar-refractivity contribution in [1.29, 1.82) is 0 Å². The minimum absolute atomic E-state index is 0.210. The molecule has 138 valence electrons. The van der Waals surface area contributed by atoms with Crippen molar-refractivity contribution < 1.29 is 10.2 Å². The van der Waals surface area contributed by atoms with E-state index in [2.05, 4.69) is 60.7 Å². The second-order valence-electron chi connectivity index (χ2n) is 6.93. The summed E-state index contributed by atoms with van der Waals surface area (Å²) in [4.78, 5) is 0. The number of hydrogen-bond acceptors (Lipinski definition) is 2. The smallest absolute Gasteiger partial charge is 0.115 e. The first-order valence-corrected chi connectivity index (χ1v) is 9.46. The normalized spacial score (nSPS) is 12.4. The van der Waals surface area contributed by atoms with Crippen LogP contribution in [0.25, 0.3) is 28.3 Å². The predicted molar refractivity (Wildman–Crippen MR) is 114 cm³/mol. The topological polar surface area (TPSA) is 40.5 Å². The summed E-state index contributed by atoms with van der Waals surface area (Å²) >= 11 is 0. The Morgan fingerprint density at radius 3 is 1.67 bits per heavy atom. The third kappa shape index (κ3) is 5.57. The Labute approximate surface area is 161 Å². The van der Waals surface area contributed by atoms with Crippen LogP contribution < -0.4 is 0 Å². The second kappa shape index (κ2) is 9.20. The highest BCUT2D eigenvalue weighted by molar-refractivity contribution is 5.71. The molecule has 0 saturated heterocycles. The largest absolute Gasteiger partial charge is 0.508 e. The summed E-state index contributed by atoms with van der Waals surface area (Å²) in [7, 11) is 0. The first-order chi connectivity index (χ1) is 13.1. The quantitative estimate of drug-likeness (QED) is 0.487. The van der Waals surface area contributed by atoms with Gasteiger partial charge in [-0.25, -0.2) is 0 Å². The van der Waals surface area contributed by atoms with E-state index in [0.717, 1.165) is 30.4 Å². The standard InChI is InChI=1S/C25H26O2/c1-19(26)5-3-2-4-6-20-7-9-21(10-8-20)22-11-13-23(14-12-22)24-15-17-25(27)18-16-24/h4,6-19,26-27H,2-3,5H2,1H3. The average Bonchev–Trinajstić information content (AvgIpc) is 2.69. The van der Waals surface area contributed by atoms with Crippen LogP contribution >= 0.6 is 0 Å². The number of hydrogen-bond donors (Lipinski definition) is 2. The molecule has 27 heavy (non-hydrogen) atoms. The Morgan fingerprint density at radius 2 is 1.19 bits per heavy atom. The molecule has 1 atom stereocenters. The molecule has 0 aliphatic heterocycles. The molecule has 0 aliphatic carbocycles. The van der Waals surface area contributed by atoms with Crippen LogP contribution in [0.1, 0.15) is 31.7 Å². The lowest BCUT2D eigenvalue weighted by molar-refractivity contribution is 0.182. The first kappa shape index (κ1) is 18.9. The lowest BCUT2D eigenvalue weighted by atomic mass is 9.99. The van der Waals surface area contributed by atoms with Gasteiger partial charge in [0.2, 0.25) is 0 Å². The van der Waals surface area contributed by atoms with Gasteiger partial charge < -0.3 is 10.2 Å². The number of phenols is 1. The van der Waals surface area contributed by atoms with Gasteiger partial charge in [-0.2, -0.15) is 0 Å². The third-order valence-electron chi connectivity index (χ3n) is 4.63. The number of aromatic hydroxyl groups is 1. The highest BCUT2D eigenvalue weighted by Gasteiger charge is 2.01. The van der Waals surface area contributed by atoms with Gasteiger partial charge in [0, 0.05) is 0 Å². The minimum Gasteiger partial charge on any atom is -0.508 e. The lowest BCUT2D eigenvalue weighted by Crippen LogP contribution is -1.97. The van der Waals surface area contributed by atoms with Gasteiger partial charge in [0.05, 0.1) is 6.10 Å². The van der Waals surface area contributed by atoms with Crippen LogP contribution in [0.15, 0.2) is 78.9 Å². The Balaban J connectivity index is 1.63. The van der Waals surface area contributed by atoms with Crippen molar-refractivity contribution in [2.75, 3.05) is 0 Å². The minimum atomic E-state index is -0.210. The molecule has 0 radical (unpaired) electrons. The van der Waals surface area contributed by atoms with Crippen molar-refractivity contribution in [1.82, 2.24) is 0 Å². The SMILES string of the molecule is CC(O)CCCC=Cc1ccc(-c2ccc(-c3ccc(O)cc3)cc2)cc1. The Kier molecular flexibility index (Phi) is 6.45. The number of rotatable bonds is 7. The summed E-state index contributed by atoms with van der Waals surface area (Å²) in [6, 6.07) is 24.3. The number of aliphatic hydroxyl groups excluding tert-OH is 1. The molecule has 0 spiro atoms. The molecule has 3 aromatic rings. The van der Waals surface area contributed by atoms with Crippen molar-refractivity contribution in [2.24, 2.45) is 0 Å². The van der Waals surface area contributed by atoms with Crippen molar-refractivity contribution in [2.45, 2.75) is 32.3 Å². The molecule has 2 nitrogen and oxygen atoms in total. The van der Waals surface area contributed by atoms with Gasteiger partial charge in [-0.3, -0.25) is 0 Å². The first-order valence-electron chi connectivity index (χ1n) is 9.46. The van der Waals surface area contributed by atoms with Gasteiger partial charge in [-0.05, 0) is 66.1 Å². The summed E-state index contributed by atoms with van der Waals surface area (Å²) in [5.41, 5.74) is 5.80. The molecule has 0 heterocycles. The molecular weight excluding hydrogens is 332 g/mol. The zero-order chi connectivity index (χ0) is 19.1. The number of aliphatic hydroxyl groups is 1. The third-order valence-corrected chi connectivity index (χ3v) is 4.63. The van der Waals surface area contributed by atoms with E-state index in [-0.39, 0.29) is 11.9 Å². The maximum Gasteiger partial charge on any atom is 0.115 e. The second-order valence-corrected chi connectivity index (χ2v) is 6.93. The van der Waals surface area contributed by atoms with Crippen molar-refractivity contribution in [3.05, 3.63) is 84.4 Å². The van der Waals surface area contributed by atoms with Crippen LogP contribution in [0.5, 0.6) is 5.75 Å². The van der Waals surface area contributed by atoms with Gasteiger partial charge in [0.15, 0.2) is 0 Å². The van der Waals surface area contributed by atoms with Gasteiger partial charge in [-0.15, -0.1) is 0 Å². The highest BCUT2D eigenvalue weighted by Crippen LogP contribution is 2.26. The Hall–Kier alpha value is -2.84. The molecule has 3 aromatic carbocycles. The van der Waals surface area contributed by atoms with Crippen molar-refractivity contribution in [3.8, 4) is 28.0 Å². The van der Waals surface area contributed by atoms with Crippen LogP contribution in [0.3, 0.4) is 0 Å². The zero-order valence-electron chi connectivity index (χ0n) is 15.7. The van der Waals surface area contributed by atoms with Crippen LogP contribution in [-0.2, 0) is 0 Å². The van der Waals surface area contributed by atoms with Gasteiger partial charge in [-0.1, -0.05) is 72.8 Å². The maximum atomic E-state index is 9.41.